The van der Waals surface area contributed by atoms with Gasteiger partial charge in [0.25, 0.3) is 0 Å². The van der Waals surface area contributed by atoms with Gasteiger partial charge in [-0.15, -0.1) is 0 Å². The fraction of sp³-hybridized carbons (Fsp3) is 0.429. The molecule has 0 saturated heterocycles. The van der Waals surface area contributed by atoms with Crippen molar-refractivity contribution in [1.82, 2.24) is 0 Å². The second kappa shape index (κ2) is 4.21. The zero-order valence-corrected chi connectivity index (χ0v) is 6.74. The summed E-state index contributed by atoms with van der Waals surface area (Å²) in [6.45, 7) is 2.52. The Morgan fingerprint density at radius 2 is 2.45 bits per heavy atom. The summed E-state index contributed by atoms with van der Waals surface area (Å²) in [6, 6.07) is 3.63. The van der Waals surface area contributed by atoms with E-state index < -0.39 is 0 Å². The van der Waals surface area contributed by atoms with Gasteiger partial charge in [0.05, 0.1) is 6.26 Å². The van der Waals surface area contributed by atoms with Gasteiger partial charge in [0.15, 0.2) is 0 Å². The van der Waals surface area contributed by atoms with Crippen LogP contribution in [0.25, 0.3) is 0 Å². The fourth-order valence-corrected chi connectivity index (χ4v) is 0.843. The molecule has 0 radical (unpaired) electrons. The second-order valence-electron chi connectivity index (χ2n) is 2.04. The van der Waals surface area contributed by atoms with E-state index in [4.69, 9.17) is 13.7 Å². The fourth-order valence-electron chi connectivity index (χ4n) is 0.843. The molecule has 0 aliphatic rings. The third-order valence-electron chi connectivity index (χ3n) is 1.31. The van der Waals surface area contributed by atoms with Gasteiger partial charge in [0.1, 0.15) is 5.66 Å². The van der Waals surface area contributed by atoms with Crippen LogP contribution in [0.15, 0.2) is 22.8 Å². The minimum atomic E-state index is -0.366. The first-order valence-corrected chi connectivity index (χ1v) is 3.56. The summed E-state index contributed by atoms with van der Waals surface area (Å²) in [4.78, 5) is 0. The molecule has 11 heavy (non-hydrogen) atoms. The van der Waals surface area contributed by atoms with Crippen LogP contribution >= 0.6 is 0 Å². The summed E-state index contributed by atoms with van der Waals surface area (Å²) >= 11 is 0. The first-order valence-electron chi connectivity index (χ1n) is 3.56. The molecule has 0 N–H and O–H groups in total. The molecule has 1 heterocycles. The minimum absolute atomic E-state index is 0.366. The van der Waals surface area contributed by atoms with Crippen molar-refractivity contribution in [2.75, 3.05) is 13.7 Å². The van der Waals surface area contributed by atoms with Crippen LogP contribution in [-0.2, 0) is 9.31 Å². The largest absolute Gasteiger partial charge is 0.531 e. The van der Waals surface area contributed by atoms with Crippen molar-refractivity contribution < 1.29 is 13.7 Å². The molecular weight excluding hydrogens is 143 g/mol. The molecule has 1 aromatic heterocycles. The van der Waals surface area contributed by atoms with E-state index >= 15 is 0 Å². The summed E-state index contributed by atoms with van der Waals surface area (Å²) < 4.78 is 15.3. The van der Waals surface area contributed by atoms with Gasteiger partial charge in [-0.25, -0.2) is 0 Å². The van der Waals surface area contributed by atoms with E-state index in [1.165, 1.54) is 0 Å². The maximum Gasteiger partial charge on any atom is 0.531 e. The molecule has 0 bridgehead atoms. The lowest BCUT2D eigenvalue weighted by atomic mass is 9.86. The van der Waals surface area contributed by atoms with Gasteiger partial charge in [-0.2, -0.15) is 0 Å². The molecule has 4 heteroatoms. The molecule has 0 aromatic carbocycles. The first kappa shape index (κ1) is 8.36. The normalized spacial score (nSPS) is 10.0. The molecule has 60 valence electrons. The Balaban J connectivity index is 2.56. The SMILES string of the molecule is CCOB(OC)c1ccco1. The monoisotopic (exact) mass is 154 g/mol. The van der Waals surface area contributed by atoms with Crippen molar-refractivity contribution in [2.24, 2.45) is 0 Å². The number of hydrogen-bond acceptors (Lipinski definition) is 3. The number of rotatable bonds is 4. The molecule has 1 aromatic rings. The standard InChI is InChI=1S/C7H11BO3/c1-3-11-8(9-2)7-5-4-6-10-7/h4-6H,3H2,1-2H3. The van der Waals surface area contributed by atoms with E-state index in [1.54, 1.807) is 19.4 Å². The maximum absolute atomic E-state index is 5.22. The highest BCUT2D eigenvalue weighted by atomic mass is 16.6. The summed E-state index contributed by atoms with van der Waals surface area (Å²) in [6.07, 6.45) is 1.60. The molecule has 0 spiro atoms. The van der Waals surface area contributed by atoms with Crippen molar-refractivity contribution in [3.05, 3.63) is 18.4 Å². The predicted molar refractivity (Wildman–Crippen MR) is 42.7 cm³/mol. The van der Waals surface area contributed by atoms with Crippen LogP contribution in [0.5, 0.6) is 0 Å². The van der Waals surface area contributed by atoms with Gasteiger partial charge in [-0.1, -0.05) is 0 Å². The molecule has 0 atom stereocenters. The molecule has 0 unspecified atom stereocenters. The lowest BCUT2D eigenvalue weighted by molar-refractivity contribution is 0.248. The third-order valence-corrected chi connectivity index (χ3v) is 1.31. The van der Waals surface area contributed by atoms with Gasteiger partial charge in [0, 0.05) is 13.7 Å². The Bertz CT molecular complexity index is 186. The lowest BCUT2D eigenvalue weighted by Crippen LogP contribution is -2.34. The molecule has 0 amide bonds. The minimum Gasteiger partial charge on any atom is -0.473 e. The molecule has 3 nitrogen and oxygen atoms in total. The van der Waals surface area contributed by atoms with Crippen LogP contribution in [-0.4, -0.2) is 20.8 Å². The number of hydrogen-bond donors (Lipinski definition) is 0. The molecule has 0 fully saturated rings. The predicted octanol–water partition coefficient (Wildman–Crippen LogP) is 0.658. The quantitative estimate of drug-likeness (QED) is 0.597. The zero-order valence-electron chi connectivity index (χ0n) is 6.74. The van der Waals surface area contributed by atoms with Crippen LogP contribution in [0.4, 0.5) is 0 Å². The van der Waals surface area contributed by atoms with Gasteiger partial charge in [-0.05, 0) is 19.1 Å². The van der Waals surface area contributed by atoms with Crippen LogP contribution < -0.4 is 5.66 Å². The Hall–Kier alpha value is -0.735. The van der Waals surface area contributed by atoms with E-state index in [-0.39, 0.29) is 7.12 Å². The summed E-state index contributed by atoms with van der Waals surface area (Å²) in [7, 11) is 1.22. The first-order chi connectivity index (χ1) is 5.38. The highest BCUT2D eigenvalue weighted by molar-refractivity contribution is 6.59. The average molecular weight is 154 g/mol. The summed E-state index contributed by atoms with van der Waals surface area (Å²) in [5.74, 6) is 0. The zero-order chi connectivity index (χ0) is 8.10. The van der Waals surface area contributed by atoms with Crippen molar-refractivity contribution in [3.63, 3.8) is 0 Å². The van der Waals surface area contributed by atoms with Gasteiger partial charge < -0.3 is 13.7 Å². The average Bonchev–Trinajstić information content (AvgIpc) is 2.52. The van der Waals surface area contributed by atoms with E-state index in [2.05, 4.69) is 0 Å². The molecular formula is C7H11BO3. The molecule has 0 saturated carbocycles. The van der Waals surface area contributed by atoms with Crippen LogP contribution in [0, 0.1) is 0 Å². The Labute approximate surface area is 66.4 Å². The summed E-state index contributed by atoms with van der Waals surface area (Å²) in [5.41, 5.74) is 0.703. The molecule has 1 rings (SSSR count). The third kappa shape index (κ3) is 2.10. The molecule has 0 aliphatic heterocycles. The van der Waals surface area contributed by atoms with Crippen molar-refractivity contribution in [1.29, 1.82) is 0 Å². The highest BCUT2D eigenvalue weighted by Gasteiger charge is 2.21. The van der Waals surface area contributed by atoms with E-state index in [0.717, 1.165) is 0 Å². The van der Waals surface area contributed by atoms with Gasteiger partial charge in [0.2, 0.25) is 0 Å². The maximum atomic E-state index is 5.22. The highest BCUT2D eigenvalue weighted by Crippen LogP contribution is 1.91. The van der Waals surface area contributed by atoms with E-state index in [0.29, 0.717) is 12.3 Å². The Morgan fingerprint density at radius 1 is 1.64 bits per heavy atom. The van der Waals surface area contributed by atoms with E-state index in [1.807, 2.05) is 13.0 Å². The van der Waals surface area contributed by atoms with Gasteiger partial charge in [-0.3, -0.25) is 0 Å². The Kier molecular flexibility index (Phi) is 3.20. The Morgan fingerprint density at radius 3 is 2.91 bits per heavy atom. The van der Waals surface area contributed by atoms with Crippen LogP contribution in [0.1, 0.15) is 6.92 Å². The second-order valence-corrected chi connectivity index (χ2v) is 2.04. The van der Waals surface area contributed by atoms with Crippen LogP contribution in [0.3, 0.4) is 0 Å². The lowest BCUT2D eigenvalue weighted by Gasteiger charge is -2.06. The van der Waals surface area contributed by atoms with Crippen molar-refractivity contribution >= 4 is 12.8 Å². The van der Waals surface area contributed by atoms with Crippen molar-refractivity contribution in [2.45, 2.75) is 6.92 Å². The van der Waals surface area contributed by atoms with Crippen LogP contribution in [0.2, 0.25) is 0 Å². The van der Waals surface area contributed by atoms with Crippen molar-refractivity contribution in [3.8, 4) is 0 Å². The summed E-state index contributed by atoms with van der Waals surface area (Å²) in [5, 5.41) is 0. The van der Waals surface area contributed by atoms with Gasteiger partial charge >= 0.3 is 7.12 Å². The molecule has 0 aliphatic carbocycles. The number of furan rings is 1. The topological polar surface area (TPSA) is 31.6 Å². The van der Waals surface area contributed by atoms with E-state index in [9.17, 15) is 0 Å². The smallest absolute Gasteiger partial charge is 0.473 e.